The molecule has 1 saturated carbocycles. The van der Waals surface area contributed by atoms with Gasteiger partial charge in [-0.3, -0.25) is 4.90 Å². The Balaban J connectivity index is 1.08. The maximum atomic E-state index is 14.3. The van der Waals surface area contributed by atoms with Gasteiger partial charge in [0.05, 0.1) is 11.4 Å². The molecule has 1 aliphatic heterocycles. The van der Waals surface area contributed by atoms with Gasteiger partial charge >= 0.3 is 0 Å². The van der Waals surface area contributed by atoms with Crippen molar-refractivity contribution in [1.29, 1.82) is 0 Å². The maximum absolute atomic E-state index is 14.3. The zero-order valence-corrected chi connectivity index (χ0v) is 25.4. The highest BCUT2D eigenvalue weighted by atomic mass is 19.1. The SMILES string of the molecule is COCCCN1CCN(C2CCC(n3nc(-c4ccc5cc(Cc6ccccc6F)[nH]c5c4)c4c(N)ncnc43)CC2)CC1. The number of nitrogens with zero attached hydrogens (tertiary/aromatic N) is 6. The minimum atomic E-state index is -0.190. The number of H-pyrrole nitrogens is 1. The molecule has 9 nitrogen and oxygen atoms in total. The summed E-state index contributed by atoms with van der Waals surface area (Å²) in [7, 11) is 1.78. The van der Waals surface area contributed by atoms with E-state index in [1.54, 1.807) is 19.5 Å². The van der Waals surface area contributed by atoms with E-state index in [1.807, 2.05) is 12.1 Å². The van der Waals surface area contributed by atoms with Crippen LogP contribution >= 0.6 is 0 Å². The summed E-state index contributed by atoms with van der Waals surface area (Å²) in [6, 6.07) is 16.2. The van der Waals surface area contributed by atoms with Gasteiger partial charge in [0.25, 0.3) is 0 Å². The number of halogens is 1. The van der Waals surface area contributed by atoms with Crippen molar-refractivity contribution < 1.29 is 9.13 Å². The van der Waals surface area contributed by atoms with Crippen molar-refractivity contribution in [1.82, 2.24) is 34.5 Å². The van der Waals surface area contributed by atoms with E-state index in [0.717, 1.165) is 110 Å². The summed E-state index contributed by atoms with van der Waals surface area (Å²) in [6.45, 7) is 6.53. The zero-order valence-electron chi connectivity index (χ0n) is 25.4. The highest BCUT2D eigenvalue weighted by Crippen LogP contribution is 2.38. The van der Waals surface area contributed by atoms with Crippen LogP contribution in [0.15, 0.2) is 54.9 Å². The van der Waals surface area contributed by atoms with Crippen LogP contribution in [0, 0.1) is 5.82 Å². The molecule has 7 rings (SSSR count). The molecule has 0 spiro atoms. The van der Waals surface area contributed by atoms with Crippen molar-refractivity contribution in [2.24, 2.45) is 0 Å². The van der Waals surface area contributed by atoms with Crippen LogP contribution in [0.4, 0.5) is 10.2 Å². The fourth-order valence-corrected chi connectivity index (χ4v) is 7.18. The summed E-state index contributed by atoms with van der Waals surface area (Å²) < 4.78 is 21.6. The summed E-state index contributed by atoms with van der Waals surface area (Å²) in [6.07, 6.45) is 7.59. The van der Waals surface area contributed by atoms with Crippen molar-refractivity contribution in [3.8, 4) is 11.3 Å². The highest BCUT2D eigenvalue weighted by molar-refractivity contribution is 6.00. The van der Waals surface area contributed by atoms with Gasteiger partial charge in [-0.1, -0.05) is 30.3 Å². The molecule has 0 amide bonds. The number of hydrogen-bond donors (Lipinski definition) is 2. The Morgan fingerprint density at radius 3 is 2.57 bits per heavy atom. The van der Waals surface area contributed by atoms with Gasteiger partial charge in [0.2, 0.25) is 0 Å². The first kappa shape index (κ1) is 28.9. The second-order valence-electron chi connectivity index (χ2n) is 12.3. The summed E-state index contributed by atoms with van der Waals surface area (Å²) in [5, 5.41) is 7.03. The number of anilines is 1. The average molecular weight is 597 g/mol. The fraction of sp³-hybridized carbons (Fsp3) is 0.441. The molecule has 2 fully saturated rings. The predicted molar refractivity (Wildman–Crippen MR) is 172 cm³/mol. The first-order valence-electron chi connectivity index (χ1n) is 15.9. The van der Waals surface area contributed by atoms with Gasteiger partial charge in [-0.25, -0.2) is 19.0 Å². The van der Waals surface area contributed by atoms with E-state index < -0.39 is 0 Å². The van der Waals surface area contributed by atoms with Crippen LogP contribution in [0.3, 0.4) is 0 Å². The average Bonchev–Trinajstić information content (AvgIpc) is 3.64. The van der Waals surface area contributed by atoms with Crippen LogP contribution in [0.1, 0.15) is 49.4 Å². The van der Waals surface area contributed by atoms with Gasteiger partial charge in [0.1, 0.15) is 23.7 Å². The van der Waals surface area contributed by atoms with E-state index in [-0.39, 0.29) is 11.9 Å². The number of nitrogen functional groups attached to an aromatic ring is 1. The standard InChI is InChI=1S/C34H41FN8O/c1-44-18-4-13-41-14-16-42(17-15-41)27-9-11-28(12-10-27)43-34-31(33(36)37-22-38-34)32(40-43)25-8-7-24-20-26(39-30(24)21-25)19-23-5-2-3-6-29(23)35/h2-3,5-8,20-22,27-28,39H,4,9-19H2,1H3,(H2,36,37,38). The smallest absolute Gasteiger partial charge is 0.164 e. The van der Waals surface area contributed by atoms with Crippen molar-refractivity contribution >= 4 is 27.8 Å². The second kappa shape index (κ2) is 12.6. The van der Waals surface area contributed by atoms with Crippen LogP contribution in [0.25, 0.3) is 33.2 Å². The third-order valence-electron chi connectivity index (χ3n) is 9.57. The molecule has 2 aromatic carbocycles. The summed E-state index contributed by atoms with van der Waals surface area (Å²) >= 11 is 0. The van der Waals surface area contributed by atoms with Crippen molar-refractivity contribution in [3.63, 3.8) is 0 Å². The van der Waals surface area contributed by atoms with Gasteiger partial charge in [-0.15, -0.1) is 0 Å². The molecule has 0 atom stereocenters. The number of piperazine rings is 1. The Labute approximate surface area is 257 Å². The van der Waals surface area contributed by atoms with Crippen molar-refractivity contribution in [2.45, 2.75) is 50.6 Å². The normalized spacial score (nSPS) is 20.1. The number of aromatic amines is 1. The molecule has 1 saturated heterocycles. The largest absolute Gasteiger partial charge is 0.385 e. The summed E-state index contributed by atoms with van der Waals surface area (Å²) in [5.41, 5.74) is 11.6. The number of nitrogens with two attached hydrogens (primary N) is 1. The number of benzene rings is 2. The fourth-order valence-electron chi connectivity index (χ4n) is 7.18. The third kappa shape index (κ3) is 5.81. The van der Waals surface area contributed by atoms with E-state index in [1.165, 1.54) is 6.07 Å². The molecule has 0 unspecified atom stereocenters. The number of aromatic nitrogens is 5. The Bertz CT molecular complexity index is 1730. The van der Waals surface area contributed by atoms with Crippen molar-refractivity contribution in [2.75, 3.05) is 52.2 Å². The van der Waals surface area contributed by atoms with Crippen LogP contribution in [-0.4, -0.2) is 87.0 Å². The van der Waals surface area contributed by atoms with Gasteiger partial charge in [0, 0.05) is 75.7 Å². The van der Waals surface area contributed by atoms with Gasteiger partial charge in [-0.2, -0.15) is 5.10 Å². The molecule has 44 heavy (non-hydrogen) atoms. The lowest BCUT2D eigenvalue weighted by Crippen LogP contribution is -2.51. The zero-order chi connectivity index (χ0) is 30.0. The molecule has 10 heteroatoms. The number of methoxy groups -OCH3 is 1. The first-order chi connectivity index (χ1) is 21.6. The quantitative estimate of drug-likeness (QED) is 0.219. The molecule has 4 heterocycles. The molecule has 0 radical (unpaired) electrons. The topological polar surface area (TPSA) is 101 Å². The summed E-state index contributed by atoms with van der Waals surface area (Å²) in [4.78, 5) is 17.8. The van der Waals surface area contributed by atoms with Gasteiger partial charge < -0.3 is 20.4 Å². The highest BCUT2D eigenvalue weighted by Gasteiger charge is 2.31. The first-order valence-corrected chi connectivity index (χ1v) is 15.9. The Morgan fingerprint density at radius 2 is 1.77 bits per heavy atom. The number of rotatable bonds is 9. The van der Waals surface area contributed by atoms with E-state index in [4.69, 9.17) is 15.6 Å². The van der Waals surface area contributed by atoms with E-state index in [2.05, 4.69) is 53.7 Å². The van der Waals surface area contributed by atoms with E-state index >= 15 is 0 Å². The Kier molecular flexibility index (Phi) is 8.29. The number of hydrogen-bond acceptors (Lipinski definition) is 7. The lowest BCUT2D eigenvalue weighted by atomic mass is 9.90. The van der Waals surface area contributed by atoms with Crippen molar-refractivity contribution in [3.05, 3.63) is 71.9 Å². The number of nitrogens with one attached hydrogen (secondary N) is 1. The Hall–Kier alpha value is -3.86. The monoisotopic (exact) mass is 596 g/mol. The molecule has 1 aliphatic carbocycles. The molecule has 0 bridgehead atoms. The van der Waals surface area contributed by atoms with E-state index in [0.29, 0.717) is 23.8 Å². The molecular weight excluding hydrogens is 555 g/mol. The minimum absolute atomic E-state index is 0.190. The molecule has 3 aromatic heterocycles. The van der Waals surface area contributed by atoms with Crippen LogP contribution in [0.2, 0.25) is 0 Å². The molecular formula is C34H41FN8O. The molecule has 5 aromatic rings. The molecule has 2 aliphatic rings. The van der Waals surface area contributed by atoms with E-state index in [9.17, 15) is 4.39 Å². The summed E-state index contributed by atoms with van der Waals surface area (Å²) in [5.74, 6) is 0.254. The second-order valence-corrected chi connectivity index (χ2v) is 12.3. The van der Waals surface area contributed by atoms with Crippen LogP contribution in [-0.2, 0) is 11.2 Å². The lowest BCUT2D eigenvalue weighted by molar-refractivity contribution is 0.0662. The number of ether oxygens (including phenoxy) is 1. The minimum Gasteiger partial charge on any atom is -0.385 e. The lowest BCUT2D eigenvalue weighted by Gasteiger charge is -2.42. The van der Waals surface area contributed by atoms with Gasteiger partial charge in [-0.05, 0) is 61.3 Å². The van der Waals surface area contributed by atoms with Crippen LogP contribution < -0.4 is 5.73 Å². The third-order valence-corrected chi connectivity index (χ3v) is 9.57. The Morgan fingerprint density at radius 1 is 0.977 bits per heavy atom. The maximum Gasteiger partial charge on any atom is 0.164 e. The van der Waals surface area contributed by atoms with Gasteiger partial charge in [0.15, 0.2) is 5.65 Å². The van der Waals surface area contributed by atoms with Crippen LogP contribution in [0.5, 0.6) is 0 Å². The predicted octanol–water partition coefficient (Wildman–Crippen LogP) is 5.42. The molecule has 230 valence electrons. The molecule has 3 N–H and O–H groups in total. The number of fused-ring (bicyclic) bond motifs is 2.